The summed E-state index contributed by atoms with van der Waals surface area (Å²) in [4.78, 5) is 4.27. The third-order valence-electron chi connectivity index (χ3n) is 3.88. The van der Waals surface area contributed by atoms with E-state index in [1.807, 2.05) is 12.1 Å². The first-order valence-electron chi connectivity index (χ1n) is 8.38. The van der Waals surface area contributed by atoms with Gasteiger partial charge in [-0.15, -0.1) is 24.0 Å². The third-order valence-corrected chi connectivity index (χ3v) is 3.88. The maximum absolute atomic E-state index is 5.56. The molecule has 0 spiro atoms. The van der Waals surface area contributed by atoms with Gasteiger partial charge in [0.2, 0.25) is 0 Å². The number of nitrogens with zero attached hydrogens (tertiary/aromatic N) is 1. The van der Waals surface area contributed by atoms with Crippen molar-refractivity contribution < 1.29 is 9.47 Å². The molecular weight excluding hydrogens is 417 g/mol. The topological polar surface area (TPSA) is 54.9 Å². The summed E-state index contributed by atoms with van der Waals surface area (Å²) in [5.74, 6) is 2.40. The third kappa shape index (κ3) is 9.32. The maximum Gasteiger partial charge on any atom is 0.191 e. The lowest BCUT2D eigenvalue weighted by Gasteiger charge is -2.16. The van der Waals surface area contributed by atoms with E-state index in [2.05, 4.69) is 41.6 Å². The number of halogens is 1. The van der Waals surface area contributed by atoms with E-state index in [9.17, 15) is 0 Å². The molecule has 0 heterocycles. The smallest absolute Gasteiger partial charge is 0.191 e. The molecule has 0 aliphatic heterocycles. The lowest BCUT2D eigenvalue weighted by molar-refractivity contribution is 0.146. The summed E-state index contributed by atoms with van der Waals surface area (Å²) in [5.41, 5.74) is 1.19. The summed E-state index contributed by atoms with van der Waals surface area (Å²) in [6.07, 6.45) is 2.37. The SMILES string of the molecule is CCC(CC)CNC(=NC)NCc1ccc(OCCOC)cc1.I. The number of methoxy groups -OCH3 is 1. The molecule has 0 amide bonds. The van der Waals surface area contributed by atoms with Crippen LogP contribution in [0.5, 0.6) is 5.75 Å². The van der Waals surface area contributed by atoms with Crippen molar-refractivity contribution in [1.82, 2.24) is 10.6 Å². The van der Waals surface area contributed by atoms with E-state index in [-0.39, 0.29) is 24.0 Å². The van der Waals surface area contributed by atoms with Crippen molar-refractivity contribution >= 4 is 29.9 Å². The fourth-order valence-corrected chi connectivity index (χ4v) is 2.17. The second kappa shape index (κ2) is 14.3. The second-order valence-corrected chi connectivity index (χ2v) is 5.47. The van der Waals surface area contributed by atoms with Gasteiger partial charge in [-0.1, -0.05) is 38.8 Å². The summed E-state index contributed by atoms with van der Waals surface area (Å²) >= 11 is 0. The number of benzene rings is 1. The van der Waals surface area contributed by atoms with E-state index in [0.717, 1.165) is 24.8 Å². The van der Waals surface area contributed by atoms with Gasteiger partial charge in [0.1, 0.15) is 12.4 Å². The summed E-state index contributed by atoms with van der Waals surface area (Å²) in [6.45, 7) is 7.31. The Hall–Kier alpha value is -1.02. The van der Waals surface area contributed by atoms with Crippen molar-refractivity contribution in [3.63, 3.8) is 0 Å². The van der Waals surface area contributed by atoms with Crippen LogP contribution in [0.3, 0.4) is 0 Å². The zero-order valence-corrected chi connectivity index (χ0v) is 17.6. The van der Waals surface area contributed by atoms with Crippen LogP contribution in [0.25, 0.3) is 0 Å². The van der Waals surface area contributed by atoms with Crippen molar-refractivity contribution in [2.45, 2.75) is 33.2 Å². The first-order valence-corrected chi connectivity index (χ1v) is 8.38. The Morgan fingerprint density at radius 3 is 2.29 bits per heavy atom. The van der Waals surface area contributed by atoms with Crippen molar-refractivity contribution in [3.05, 3.63) is 29.8 Å². The fraction of sp³-hybridized carbons (Fsp3) is 0.611. The van der Waals surface area contributed by atoms with Crippen LogP contribution in [0.15, 0.2) is 29.3 Å². The van der Waals surface area contributed by atoms with Gasteiger partial charge in [0.25, 0.3) is 0 Å². The van der Waals surface area contributed by atoms with Gasteiger partial charge in [-0.2, -0.15) is 0 Å². The number of aliphatic imine (C=N–C) groups is 1. The van der Waals surface area contributed by atoms with Crippen molar-refractivity contribution in [2.24, 2.45) is 10.9 Å². The van der Waals surface area contributed by atoms with Gasteiger partial charge < -0.3 is 20.1 Å². The first-order chi connectivity index (χ1) is 11.2. The van der Waals surface area contributed by atoms with Gasteiger partial charge in [-0.25, -0.2) is 0 Å². The molecule has 0 radical (unpaired) electrons. The summed E-state index contributed by atoms with van der Waals surface area (Å²) in [5, 5.41) is 6.73. The molecule has 138 valence electrons. The van der Waals surface area contributed by atoms with Crippen LogP contribution in [0, 0.1) is 5.92 Å². The first kappa shape index (κ1) is 23.0. The molecule has 0 bridgehead atoms. The Bertz CT molecular complexity index is 448. The maximum atomic E-state index is 5.56. The normalized spacial score (nSPS) is 11.1. The molecular formula is C18H32IN3O2. The average Bonchev–Trinajstić information content (AvgIpc) is 2.59. The minimum atomic E-state index is 0. The number of nitrogens with one attached hydrogen (secondary N) is 2. The van der Waals surface area contributed by atoms with Crippen LogP contribution in [0.4, 0.5) is 0 Å². The molecule has 0 aliphatic rings. The number of rotatable bonds is 10. The highest BCUT2D eigenvalue weighted by Gasteiger charge is 2.05. The minimum absolute atomic E-state index is 0. The largest absolute Gasteiger partial charge is 0.491 e. The number of hydrogen-bond donors (Lipinski definition) is 2. The van der Waals surface area contributed by atoms with Crippen molar-refractivity contribution in [1.29, 1.82) is 0 Å². The molecule has 1 aromatic carbocycles. The Morgan fingerprint density at radius 2 is 1.75 bits per heavy atom. The molecule has 0 unspecified atom stereocenters. The van der Waals surface area contributed by atoms with E-state index >= 15 is 0 Å². The van der Waals surface area contributed by atoms with Gasteiger partial charge in [0.05, 0.1) is 6.61 Å². The zero-order chi connectivity index (χ0) is 16.9. The molecule has 1 rings (SSSR count). The second-order valence-electron chi connectivity index (χ2n) is 5.47. The monoisotopic (exact) mass is 449 g/mol. The van der Waals surface area contributed by atoms with Crippen molar-refractivity contribution in [3.8, 4) is 5.75 Å². The van der Waals surface area contributed by atoms with Crippen LogP contribution < -0.4 is 15.4 Å². The van der Waals surface area contributed by atoms with Gasteiger partial charge in [-0.05, 0) is 23.6 Å². The molecule has 0 saturated heterocycles. The van der Waals surface area contributed by atoms with Crippen LogP contribution in [-0.2, 0) is 11.3 Å². The standard InChI is InChI=1S/C18H31N3O2.HI/c1-5-15(6-2)13-20-18(19-3)21-14-16-7-9-17(10-8-16)23-12-11-22-4;/h7-10,15H,5-6,11-14H2,1-4H3,(H2,19,20,21);1H. The molecule has 0 aromatic heterocycles. The molecule has 0 fully saturated rings. The quantitative estimate of drug-likeness (QED) is 0.249. The summed E-state index contributed by atoms with van der Waals surface area (Å²) < 4.78 is 10.5. The lowest BCUT2D eigenvalue weighted by atomic mass is 10.0. The van der Waals surface area contributed by atoms with Crippen LogP contribution >= 0.6 is 24.0 Å². The highest BCUT2D eigenvalue weighted by Crippen LogP contribution is 2.12. The molecule has 0 saturated carbocycles. The lowest BCUT2D eigenvalue weighted by Crippen LogP contribution is -2.39. The van der Waals surface area contributed by atoms with E-state index in [1.165, 1.54) is 18.4 Å². The number of ether oxygens (including phenoxy) is 2. The Kier molecular flexibility index (Phi) is 13.7. The van der Waals surface area contributed by atoms with E-state index in [4.69, 9.17) is 9.47 Å². The van der Waals surface area contributed by atoms with Gasteiger partial charge >= 0.3 is 0 Å². The van der Waals surface area contributed by atoms with E-state index in [0.29, 0.717) is 19.1 Å². The molecule has 0 atom stereocenters. The molecule has 2 N–H and O–H groups in total. The van der Waals surface area contributed by atoms with Gasteiger partial charge in [-0.3, -0.25) is 4.99 Å². The minimum Gasteiger partial charge on any atom is -0.491 e. The summed E-state index contributed by atoms with van der Waals surface area (Å²) in [6, 6.07) is 8.08. The number of guanidine groups is 1. The zero-order valence-electron chi connectivity index (χ0n) is 15.3. The van der Waals surface area contributed by atoms with E-state index < -0.39 is 0 Å². The van der Waals surface area contributed by atoms with Gasteiger partial charge in [0, 0.05) is 27.2 Å². The Labute approximate surface area is 163 Å². The molecule has 0 aliphatic carbocycles. The molecule has 24 heavy (non-hydrogen) atoms. The van der Waals surface area contributed by atoms with Crippen molar-refractivity contribution in [2.75, 3.05) is 33.9 Å². The van der Waals surface area contributed by atoms with Crippen LogP contribution in [-0.4, -0.2) is 39.9 Å². The Morgan fingerprint density at radius 1 is 1.08 bits per heavy atom. The Balaban J connectivity index is 0.00000529. The van der Waals surface area contributed by atoms with Crippen LogP contribution in [0.1, 0.15) is 32.3 Å². The van der Waals surface area contributed by atoms with Crippen LogP contribution in [0.2, 0.25) is 0 Å². The highest BCUT2D eigenvalue weighted by molar-refractivity contribution is 14.0. The van der Waals surface area contributed by atoms with E-state index in [1.54, 1.807) is 14.2 Å². The number of hydrogen-bond acceptors (Lipinski definition) is 3. The van der Waals surface area contributed by atoms with Gasteiger partial charge in [0.15, 0.2) is 5.96 Å². The molecule has 6 heteroatoms. The predicted octanol–water partition coefficient (Wildman–Crippen LogP) is 3.43. The summed E-state index contributed by atoms with van der Waals surface area (Å²) in [7, 11) is 3.47. The molecule has 5 nitrogen and oxygen atoms in total. The highest BCUT2D eigenvalue weighted by atomic mass is 127. The molecule has 1 aromatic rings. The predicted molar refractivity (Wildman–Crippen MR) is 112 cm³/mol. The fourth-order valence-electron chi connectivity index (χ4n) is 2.17. The average molecular weight is 449 g/mol.